The minimum atomic E-state index is -1.39. The molecule has 1 aliphatic carbocycles. The summed E-state index contributed by atoms with van der Waals surface area (Å²) in [6, 6.07) is 7.75. The van der Waals surface area contributed by atoms with E-state index in [1.165, 1.54) is 0 Å². The number of benzene rings is 1. The van der Waals surface area contributed by atoms with Crippen LogP contribution in [0.15, 0.2) is 24.3 Å². The zero-order valence-corrected chi connectivity index (χ0v) is 16.3. The lowest BCUT2D eigenvalue weighted by Gasteiger charge is -2.43. The van der Waals surface area contributed by atoms with E-state index in [0.29, 0.717) is 13.0 Å². The van der Waals surface area contributed by atoms with Crippen LogP contribution in [0.5, 0.6) is 0 Å². The largest absolute Gasteiger partial charge is 0.353 e. The third-order valence-electron chi connectivity index (χ3n) is 5.97. The number of fused-ring (bicyclic) bond motifs is 1. The van der Waals surface area contributed by atoms with Crippen LogP contribution in [0.25, 0.3) is 11.0 Å². The second-order valence-corrected chi connectivity index (χ2v) is 8.08. The summed E-state index contributed by atoms with van der Waals surface area (Å²) >= 11 is 6.46. The second kappa shape index (κ2) is 7.76. The standard InChI is InChI=1S/C20H26ClFN4O/c1-2-26-16(19-24-14-9-5-6-10-15(14)25-19)11-13(17(22)18(26)21)20(27)23-12-7-3-4-8-12/h5-6,9-10,12-13,16-18H,2-4,7-8,11H2,1H3,(H,23,27)(H,24,25). The fourth-order valence-corrected chi connectivity index (χ4v) is 4.93. The first-order valence-corrected chi connectivity index (χ1v) is 10.3. The van der Waals surface area contributed by atoms with Gasteiger partial charge in [0.15, 0.2) is 0 Å². The number of rotatable bonds is 4. The Hall–Kier alpha value is -1.66. The third-order valence-corrected chi connectivity index (χ3v) is 6.46. The van der Waals surface area contributed by atoms with Crippen LogP contribution in [0, 0.1) is 5.92 Å². The number of likely N-dealkylation sites (tertiary alicyclic amines) is 1. The molecule has 1 saturated carbocycles. The second-order valence-electron chi connectivity index (χ2n) is 7.63. The summed E-state index contributed by atoms with van der Waals surface area (Å²) in [5.74, 6) is -0.222. The van der Waals surface area contributed by atoms with Crippen molar-refractivity contribution < 1.29 is 9.18 Å². The summed E-state index contributed by atoms with van der Waals surface area (Å²) < 4.78 is 15.0. The van der Waals surface area contributed by atoms with E-state index in [1.807, 2.05) is 36.1 Å². The quantitative estimate of drug-likeness (QED) is 0.612. The highest BCUT2D eigenvalue weighted by Gasteiger charge is 2.46. The number of piperidine rings is 1. The number of hydrogen-bond donors (Lipinski definition) is 2. The van der Waals surface area contributed by atoms with Gasteiger partial charge in [0, 0.05) is 6.04 Å². The number of carbonyl (C=O) groups is 1. The Kier molecular flexibility index (Phi) is 5.37. The van der Waals surface area contributed by atoms with E-state index in [9.17, 15) is 4.79 Å². The van der Waals surface area contributed by atoms with Crippen LogP contribution in [0.2, 0.25) is 0 Å². The number of nitrogens with zero attached hydrogens (tertiary/aromatic N) is 2. The van der Waals surface area contributed by atoms with Gasteiger partial charge in [-0.3, -0.25) is 9.69 Å². The average molecular weight is 393 g/mol. The first-order valence-electron chi connectivity index (χ1n) is 9.87. The molecule has 5 nitrogen and oxygen atoms in total. The molecule has 2 fully saturated rings. The number of H-pyrrole nitrogens is 1. The molecule has 2 heterocycles. The van der Waals surface area contributed by atoms with Gasteiger partial charge < -0.3 is 10.3 Å². The maximum atomic E-state index is 15.0. The number of halogens is 2. The van der Waals surface area contributed by atoms with Crippen molar-refractivity contribution in [3.8, 4) is 0 Å². The van der Waals surface area contributed by atoms with E-state index in [1.54, 1.807) is 0 Å². The van der Waals surface area contributed by atoms with E-state index in [-0.39, 0.29) is 18.0 Å². The van der Waals surface area contributed by atoms with Gasteiger partial charge in [-0.1, -0.05) is 31.9 Å². The summed E-state index contributed by atoms with van der Waals surface area (Å²) in [7, 11) is 0. The molecular formula is C20H26ClFN4O. The Morgan fingerprint density at radius 3 is 2.81 bits per heavy atom. The van der Waals surface area contributed by atoms with Gasteiger partial charge in [-0.25, -0.2) is 9.37 Å². The predicted molar refractivity (Wildman–Crippen MR) is 104 cm³/mol. The normalized spacial score (nSPS) is 30.0. The molecule has 7 heteroatoms. The van der Waals surface area contributed by atoms with E-state index >= 15 is 4.39 Å². The number of hydrogen-bond acceptors (Lipinski definition) is 3. The average Bonchev–Trinajstić information content (AvgIpc) is 3.32. The summed E-state index contributed by atoms with van der Waals surface area (Å²) in [6.07, 6.45) is 3.18. The monoisotopic (exact) mass is 392 g/mol. The smallest absolute Gasteiger partial charge is 0.226 e. The van der Waals surface area contributed by atoms with Crippen LogP contribution in [0.3, 0.4) is 0 Å². The number of imidazole rings is 1. The van der Waals surface area contributed by atoms with Crippen molar-refractivity contribution in [3.05, 3.63) is 30.1 Å². The van der Waals surface area contributed by atoms with Gasteiger partial charge in [-0.2, -0.15) is 0 Å². The Bertz CT molecular complexity index is 773. The molecule has 1 saturated heterocycles. The van der Waals surface area contributed by atoms with Gasteiger partial charge in [0.05, 0.1) is 23.0 Å². The lowest BCUT2D eigenvalue weighted by Crippen LogP contribution is -2.54. The summed E-state index contributed by atoms with van der Waals surface area (Å²) in [5.41, 5.74) is 0.953. The molecular weight excluding hydrogens is 367 g/mol. The molecule has 1 aliphatic heterocycles. The highest BCUT2D eigenvalue weighted by atomic mass is 35.5. The highest BCUT2D eigenvalue weighted by Crippen LogP contribution is 2.40. The molecule has 4 atom stereocenters. The fraction of sp³-hybridized carbons (Fsp3) is 0.600. The molecule has 2 aromatic rings. The van der Waals surface area contributed by atoms with Crippen molar-refractivity contribution in [2.45, 2.75) is 62.8 Å². The van der Waals surface area contributed by atoms with E-state index in [2.05, 4.69) is 15.3 Å². The number of amides is 1. The van der Waals surface area contributed by atoms with Crippen LogP contribution in [0.4, 0.5) is 4.39 Å². The Morgan fingerprint density at radius 2 is 2.11 bits per heavy atom. The molecule has 2 N–H and O–H groups in total. The van der Waals surface area contributed by atoms with Gasteiger partial charge in [0.1, 0.15) is 17.5 Å². The molecule has 1 aromatic carbocycles. The first-order chi connectivity index (χ1) is 13.1. The number of para-hydroxylation sites is 2. The molecule has 0 bridgehead atoms. The van der Waals surface area contributed by atoms with Crippen LogP contribution in [-0.2, 0) is 4.79 Å². The van der Waals surface area contributed by atoms with Crippen LogP contribution in [-0.4, -0.2) is 45.0 Å². The molecule has 0 radical (unpaired) electrons. The maximum absolute atomic E-state index is 15.0. The minimum absolute atomic E-state index is 0.173. The first kappa shape index (κ1) is 18.7. The molecule has 27 heavy (non-hydrogen) atoms. The van der Waals surface area contributed by atoms with E-state index < -0.39 is 17.6 Å². The molecule has 2 aliphatic rings. The van der Waals surface area contributed by atoms with Crippen molar-refractivity contribution in [2.75, 3.05) is 6.54 Å². The number of aromatic amines is 1. The van der Waals surface area contributed by atoms with Crippen LogP contribution < -0.4 is 5.32 Å². The van der Waals surface area contributed by atoms with Crippen molar-refractivity contribution >= 4 is 28.5 Å². The van der Waals surface area contributed by atoms with Crippen molar-refractivity contribution in [1.82, 2.24) is 20.2 Å². The molecule has 1 amide bonds. The topological polar surface area (TPSA) is 61.0 Å². The molecule has 1 aromatic heterocycles. The zero-order chi connectivity index (χ0) is 19.0. The molecule has 0 spiro atoms. The van der Waals surface area contributed by atoms with Crippen molar-refractivity contribution in [1.29, 1.82) is 0 Å². The Morgan fingerprint density at radius 1 is 1.37 bits per heavy atom. The lowest BCUT2D eigenvalue weighted by molar-refractivity contribution is -0.132. The molecule has 146 valence electrons. The van der Waals surface area contributed by atoms with Crippen LogP contribution in [0.1, 0.15) is 50.9 Å². The Balaban J connectivity index is 1.59. The minimum Gasteiger partial charge on any atom is -0.353 e. The number of alkyl halides is 2. The van der Waals surface area contributed by atoms with Gasteiger partial charge in [0.25, 0.3) is 0 Å². The maximum Gasteiger partial charge on any atom is 0.226 e. The number of carbonyl (C=O) groups excluding carboxylic acids is 1. The van der Waals surface area contributed by atoms with Gasteiger partial charge >= 0.3 is 0 Å². The highest BCUT2D eigenvalue weighted by molar-refractivity contribution is 6.21. The molecule has 4 unspecified atom stereocenters. The SMILES string of the molecule is CCN1C(c2nc3ccccc3[nH]2)CC(C(=O)NC2CCCC2)C(F)C1Cl. The van der Waals surface area contributed by atoms with Crippen LogP contribution >= 0.6 is 11.6 Å². The van der Waals surface area contributed by atoms with E-state index in [0.717, 1.165) is 42.5 Å². The van der Waals surface area contributed by atoms with E-state index in [4.69, 9.17) is 11.6 Å². The Labute approximate surface area is 163 Å². The number of aromatic nitrogens is 2. The third kappa shape index (κ3) is 3.57. The van der Waals surface area contributed by atoms with Crippen molar-refractivity contribution in [3.63, 3.8) is 0 Å². The number of nitrogens with one attached hydrogen (secondary N) is 2. The zero-order valence-electron chi connectivity index (χ0n) is 15.5. The van der Waals surface area contributed by atoms with Gasteiger partial charge in [-0.15, -0.1) is 11.6 Å². The van der Waals surface area contributed by atoms with Gasteiger partial charge in [0.2, 0.25) is 5.91 Å². The summed E-state index contributed by atoms with van der Waals surface area (Å²) in [5, 5.41) is 3.04. The molecule has 4 rings (SSSR count). The van der Waals surface area contributed by atoms with Gasteiger partial charge in [-0.05, 0) is 37.9 Å². The lowest BCUT2D eigenvalue weighted by atomic mass is 9.87. The van der Waals surface area contributed by atoms with Crippen molar-refractivity contribution in [2.24, 2.45) is 5.92 Å². The summed E-state index contributed by atoms with van der Waals surface area (Å²) in [6.45, 7) is 2.55. The summed E-state index contributed by atoms with van der Waals surface area (Å²) in [4.78, 5) is 22.7. The predicted octanol–water partition coefficient (Wildman–Crippen LogP) is 3.91. The fourth-order valence-electron chi connectivity index (χ4n) is 4.48.